The largest absolute Gasteiger partial charge is 0.321 e. The van der Waals surface area contributed by atoms with Gasteiger partial charge < -0.3 is 11.1 Å². The fourth-order valence-corrected chi connectivity index (χ4v) is 0.972. The molecule has 9 heavy (non-hydrogen) atoms. The van der Waals surface area contributed by atoms with Gasteiger partial charge in [0.1, 0.15) is 11.3 Å². The summed E-state index contributed by atoms with van der Waals surface area (Å²) in [6.07, 6.45) is 1.15. The van der Waals surface area contributed by atoms with Crippen molar-refractivity contribution in [3.05, 3.63) is 11.2 Å². The van der Waals surface area contributed by atoms with E-state index in [9.17, 15) is 0 Å². The number of nitrogens with zero attached hydrogens (tertiary/aromatic N) is 1. The van der Waals surface area contributed by atoms with Crippen LogP contribution in [0.3, 0.4) is 0 Å². The van der Waals surface area contributed by atoms with Gasteiger partial charge >= 0.3 is 0 Å². The second-order valence-electron chi connectivity index (χ2n) is 1.55. The van der Waals surface area contributed by atoms with Gasteiger partial charge in [-0.05, 0) is 17.7 Å². The SMILES string of the molecule is N[C@H]1C=C(Cl)NC(Cl)=N1. The van der Waals surface area contributed by atoms with Crippen molar-refractivity contribution in [2.75, 3.05) is 0 Å². The standard InChI is InChI=1S/C4H5Cl2N3/c5-2-1-3(7)9-4(6)8-2/h1,3H,7H2,(H,8,9)/t3-/m1/s1. The minimum Gasteiger partial charge on any atom is -0.321 e. The highest BCUT2D eigenvalue weighted by Crippen LogP contribution is 2.05. The molecule has 0 spiro atoms. The lowest BCUT2D eigenvalue weighted by molar-refractivity contribution is 0.844. The molecule has 0 aromatic heterocycles. The van der Waals surface area contributed by atoms with Crippen LogP contribution in [0.5, 0.6) is 0 Å². The molecule has 0 unspecified atom stereocenters. The van der Waals surface area contributed by atoms with Crippen molar-refractivity contribution < 1.29 is 0 Å². The third-order valence-corrected chi connectivity index (χ3v) is 1.21. The first-order valence-corrected chi connectivity index (χ1v) is 3.07. The molecule has 0 amide bonds. The Balaban J connectivity index is 2.69. The van der Waals surface area contributed by atoms with Gasteiger partial charge in [-0.25, -0.2) is 4.99 Å². The molecular weight excluding hydrogens is 161 g/mol. The predicted octanol–water partition coefficient (Wildman–Crippen LogP) is 0.549. The minimum atomic E-state index is -0.411. The number of nitrogens with two attached hydrogens (primary N) is 1. The zero-order chi connectivity index (χ0) is 6.85. The molecular formula is C4H5Cl2N3. The van der Waals surface area contributed by atoms with Crippen molar-refractivity contribution in [2.24, 2.45) is 10.7 Å². The normalized spacial score (nSPS) is 26.3. The Morgan fingerprint density at radius 1 is 1.67 bits per heavy atom. The molecule has 0 fully saturated rings. The number of nitrogens with one attached hydrogen (secondary N) is 1. The van der Waals surface area contributed by atoms with Crippen LogP contribution in [0.4, 0.5) is 0 Å². The van der Waals surface area contributed by atoms with Gasteiger partial charge in [0.25, 0.3) is 0 Å². The molecule has 3 nitrogen and oxygen atoms in total. The fourth-order valence-electron chi connectivity index (χ4n) is 0.491. The maximum atomic E-state index is 5.51. The van der Waals surface area contributed by atoms with Crippen LogP contribution in [-0.4, -0.2) is 11.5 Å². The highest BCUT2D eigenvalue weighted by Gasteiger charge is 2.06. The van der Waals surface area contributed by atoms with Crippen LogP contribution in [0, 0.1) is 0 Å². The minimum absolute atomic E-state index is 0.231. The van der Waals surface area contributed by atoms with E-state index >= 15 is 0 Å². The van der Waals surface area contributed by atoms with E-state index in [-0.39, 0.29) is 5.29 Å². The average molecular weight is 166 g/mol. The molecule has 50 valence electrons. The fraction of sp³-hybridized carbons (Fsp3) is 0.250. The second kappa shape index (κ2) is 2.56. The first-order valence-electron chi connectivity index (χ1n) is 2.32. The van der Waals surface area contributed by atoms with E-state index in [0.717, 1.165) is 0 Å². The quantitative estimate of drug-likeness (QED) is 0.516. The topological polar surface area (TPSA) is 50.4 Å². The predicted molar refractivity (Wildman–Crippen MR) is 38.3 cm³/mol. The van der Waals surface area contributed by atoms with E-state index in [4.69, 9.17) is 28.9 Å². The Morgan fingerprint density at radius 2 is 2.33 bits per heavy atom. The molecule has 0 saturated carbocycles. The average Bonchev–Trinajstić information content (AvgIpc) is 1.59. The van der Waals surface area contributed by atoms with Crippen molar-refractivity contribution in [3.8, 4) is 0 Å². The van der Waals surface area contributed by atoms with Crippen LogP contribution in [0.25, 0.3) is 0 Å². The van der Waals surface area contributed by atoms with Crippen LogP contribution < -0.4 is 11.1 Å². The molecule has 0 bridgehead atoms. The summed E-state index contributed by atoms with van der Waals surface area (Å²) >= 11 is 11.0. The van der Waals surface area contributed by atoms with E-state index < -0.39 is 6.17 Å². The van der Waals surface area contributed by atoms with Crippen LogP contribution in [0.1, 0.15) is 0 Å². The third kappa shape index (κ3) is 1.86. The Labute approximate surface area is 62.5 Å². The summed E-state index contributed by atoms with van der Waals surface area (Å²) in [6.45, 7) is 0. The molecule has 0 aromatic carbocycles. The third-order valence-electron chi connectivity index (χ3n) is 0.802. The van der Waals surface area contributed by atoms with E-state index in [2.05, 4.69) is 10.3 Å². The monoisotopic (exact) mass is 165 g/mol. The summed E-state index contributed by atoms with van der Waals surface area (Å²) in [5.74, 6) is 0. The second-order valence-corrected chi connectivity index (χ2v) is 2.32. The molecule has 1 atom stereocenters. The summed E-state index contributed by atoms with van der Waals surface area (Å²) in [5.41, 5.74) is 5.34. The number of amidine groups is 1. The van der Waals surface area contributed by atoms with Gasteiger partial charge in [-0.1, -0.05) is 11.6 Å². The van der Waals surface area contributed by atoms with Gasteiger partial charge in [-0.3, -0.25) is 0 Å². The zero-order valence-corrected chi connectivity index (χ0v) is 5.95. The van der Waals surface area contributed by atoms with Crippen molar-refractivity contribution in [1.82, 2.24) is 5.32 Å². The van der Waals surface area contributed by atoms with E-state index in [1.165, 1.54) is 0 Å². The Kier molecular flexibility index (Phi) is 1.95. The molecule has 1 aliphatic rings. The summed E-state index contributed by atoms with van der Waals surface area (Å²) < 4.78 is 0. The molecule has 1 aliphatic heterocycles. The Bertz CT molecular complexity index is 157. The smallest absolute Gasteiger partial charge is 0.198 e. The summed E-state index contributed by atoms with van der Waals surface area (Å²) in [5, 5.41) is 3.22. The molecule has 0 saturated heterocycles. The number of hydrogen-bond donors (Lipinski definition) is 2. The highest BCUT2D eigenvalue weighted by atomic mass is 35.5. The molecule has 1 heterocycles. The van der Waals surface area contributed by atoms with Crippen LogP contribution in [-0.2, 0) is 0 Å². The van der Waals surface area contributed by atoms with Gasteiger partial charge in [0.05, 0.1) is 0 Å². The molecule has 0 aliphatic carbocycles. The van der Waals surface area contributed by atoms with Crippen molar-refractivity contribution in [3.63, 3.8) is 0 Å². The van der Waals surface area contributed by atoms with Gasteiger partial charge in [-0.2, -0.15) is 0 Å². The number of rotatable bonds is 0. The Hall–Kier alpha value is -0.250. The first-order chi connectivity index (χ1) is 4.18. The van der Waals surface area contributed by atoms with Gasteiger partial charge in [0.15, 0.2) is 5.29 Å². The van der Waals surface area contributed by atoms with Crippen LogP contribution in [0.15, 0.2) is 16.2 Å². The Morgan fingerprint density at radius 3 is 2.78 bits per heavy atom. The van der Waals surface area contributed by atoms with Crippen molar-refractivity contribution in [2.45, 2.75) is 6.17 Å². The van der Waals surface area contributed by atoms with Crippen LogP contribution >= 0.6 is 23.2 Å². The van der Waals surface area contributed by atoms with E-state index in [1.54, 1.807) is 6.08 Å². The summed E-state index contributed by atoms with van der Waals surface area (Å²) in [6, 6.07) is 0. The van der Waals surface area contributed by atoms with Gasteiger partial charge in [0, 0.05) is 0 Å². The van der Waals surface area contributed by atoms with Crippen molar-refractivity contribution >= 4 is 28.5 Å². The van der Waals surface area contributed by atoms with Crippen molar-refractivity contribution in [1.29, 1.82) is 0 Å². The van der Waals surface area contributed by atoms with E-state index in [1.807, 2.05) is 0 Å². The molecule has 1 rings (SSSR count). The van der Waals surface area contributed by atoms with E-state index in [0.29, 0.717) is 5.16 Å². The lowest BCUT2D eigenvalue weighted by Gasteiger charge is -2.10. The maximum Gasteiger partial charge on any atom is 0.198 e. The molecule has 3 N–H and O–H groups in total. The molecule has 5 heteroatoms. The maximum absolute atomic E-state index is 5.51. The summed E-state index contributed by atoms with van der Waals surface area (Å²) in [7, 11) is 0. The highest BCUT2D eigenvalue weighted by molar-refractivity contribution is 6.65. The molecule has 0 aromatic rings. The van der Waals surface area contributed by atoms with Gasteiger partial charge in [-0.15, -0.1) is 0 Å². The summed E-state index contributed by atoms with van der Waals surface area (Å²) in [4.78, 5) is 3.72. The lowest BCUT2D eigenvalue weighted by Crippen LogP contribution is -2.27. The number of aliphatic imine (C=N–C) groups is 1. The number of halogens is 2. The van der Waals surface area contributed by atoms with Gasteiger partial charge in [0.2, 0.25) is 0 Å². The zero-order valence-electron chi connectivity index (χ0n) is 4.44. The number of hydrogen-bond acceptors (Lipinski definition) is 3. The lowest BCUT2D eigenvalue weighted by atomic mass is 10.5. The van der Waals surface area contributed by atoms with Crippen LogP contribution in [0.2, 0.25) is 0 Å². The first kappa shape index (κ1) is 6.86. The molecule has 0 radical (unpaired) electrons.